The van der Waals surface area contributed by atoms with Crippen molar-refractivity contribution < 1.29 is 0 Å². The first kappa shape index (κ1) is 8.37. The zero-order chi connectivity index (χ0) is 7.61. The second-order valence-corrected chi connectivity index (χ2v) is 5.09. The fourth-order valence-corrected chi connectivity index (χ4v) is 2.79. The van der Waals surface area contributed by atoms with Gasteiger partial charge in [0.25, 0.3) is 0 Å². The van der Waals surface area contributed by atoms with E-state index in [1.807, 2.05) is 0 Å². The first-order valence-corrected chi connectivity index (χ1v) is 4.73. The molecule has 3 N–H and O–H groups in total. The standard InChI is InChI=1S/C7H16N2S/c1-7(2)6(5-9-8)3-4-10-7/h6,9H,3-5,8H2,1-2H3. The number of rotatable bonds is 2. The van der Waals surface area contributed by atoms with Crippen LogP contribution in [0.25, 0.3) is 0 Å². The van der Waals surface area contributed by atoms with Crippen molar-refractivity contribution in [3.05, 3.63) is 0 Å². The Morgan fingerprint density at radius 3 is 2.80 bits per heavy atom. The summed E-state index contributed by atoms with van der Waals surface area (Å²) < 4.78 is 0.437. The SMILES string of the molecule is CC1(C)SCCC1CNN. The van der Waals surface area contributed by atoms with Crippen molar-refractivity contribution in [3.8, 4) is 0 Å². The Morgan fingerprint density at radius 2 is 2.40 bits per heavy atom. The van der Waals surface area contributed by atoms with E-state index in [0.29, 0.717) is 4.75 Å². The molecule has 3 heteroatoms. The van der Waals surface area contributed by atoms with E-state index >= 15 is 0 Å². The molecule has 0 radical (unpaired) electrons. The molecule has 1 aliphatic heterocycles. The summed E-state index contributed by atoms with van der Waals surface area (Å²) in [6, 6.07) is 0. The van der Waals surface area contributed by atoms with Gasteiger partial charge in [-0.25, -0.2) is 0 Å². The Hall–Kier alpha value is 0.270. The molecule has 1 saturated heterocycles. The number of hydrogen-bond acceptors (Lipinski definition) is 3. The largest absolute Gasteiger partial charge is 0.271 e. The summed E-state index contributed by atoms with van der Waals surface area (Å²) in [5, 5.41) is 0. The molecule has 1 aliphatic rings. The smallest absolute Gasteiger partial charge is 0.0144 e. The molecule has 1 fully saturated rings. The van der Waals surface area contributed by atoms with Crippen molar-refractivity contribution in [2.45, 2.75) is 25.0 Å². The molecule has 0 bridgehead atoms. The monoisotopic (exact) mass is 160 g/mol. The van der Waals surface area contributed by atoms with Crippen molar-refractivity contribution in [3.63, 3.8) is 0 Å². The summed E-state index contributed by atoms with van der Waals surface area (Å²) in [6.07, 6.45) is 1.31. The summed E-state index contributed by atoms with van der Waals surface area (Å²) in [5.41, 5.74) is 2.75. The Bertz CT molecular complexity index is 114. The van der Waals surface area contributed by atoms with Gasteiger partial charge in [-0.05, 0) is 18.1 Å². The lowest BCUT2D eigenvalue weighted by Gasteiger charge is -2.25. The van der Waals surface area contributed by atoms with Crippen LogP contribution < -0.4 is 11.3 Å². The molecule has 0 aromatic heterocycles. The van der Waals surface area contributed by atoms with Crippen LogP contribution in [0.15, 0.2) is 0 Å². The third-order valence-corrected chi connectivity index (χ3v) is 3.80. The number of hydrazine groups is 1. The lowest BCUT2D eigenvalue weighted by Crippen LogP contribution is -2.35. The van der Waals surface area contributed by atoms with Gasteiger partial charge in [0.05, 0.1) is 0 Å². The van der Waals surface area contributed by atoms with Crippen molar-refractivity contribution in [2.75, 3.05) is 12.3 Å². The van der Waals surface area contributed by atoms with Crippen LogP contribution in [0.4, 0.5) is 0 Å². The lowest BCUT2D eigenvalue weighted by atomic mass is 9.93. The Kier molecular flexibility index (Phi) is 2.61. The molecular formula is C7H16N2S. The maximum absolute atomic E-state index is 5.27. The van der Waals surface area contributed by atoms with Gasteiger partial charge in [-0.3, -0.25) is 11.3 Å². The van der Waals surface area contributed by atoms with E-state index in [0.717, 1.165) is 12.5 Å². The van der Waals surface area contributed by atoms with Gasteiger partial charge in [0.15, 0.2) is 0 Å². The van der Waals surface area contributed by atoms with E-state index in [1.165, 1.54) is 12.2 Å². The summed E-state index contributed by atoms with van der Waals surface area (Å²) in [4.78, 5) is 0. The zero-order valence-corrected chi connectivity index (χ0v) is 7.50. The molecule has 1 atom stereocenters. The van der Waals surface area contributed by atoms with Gasteiger partial charge >= 0.3 is 0 Å². The highest BCUT2D eigenvalue weighted by molar-refractivity contribution is 8.00. The molecular weight excluding hydrogens is 144 g/mol. The number of thioether (sulfide) groups is 1. The van der Waals surface area contributed by atoms with Crippen molar-refractivity contribution >= 4 is 11.8 Å². The molecule has 1 unspecified atom stereocenters. The number of nitrogens with one attached hydrogen (secondary N) is 1. The molecule has 0 spiro atoms. The van der Waals surface area contributed by atoms with E-state index in [4.69, 9.17) is 5.84 Å². The zero-order valence-electron chi connectivity index (χ0n) is 6.68. The first-order chi connectivity index (χ1) is 4.67. The number of hydrogen-bond donors (Lipinski definition) is 2. The normalized spacial score (nSPS) is 30.9. The Labute approximate surface area is 66.9 Å². The topological polar surface area (TPSA) is 38.0 Å². The quantitative estimate of drug-likeness (QED) is 0.467. The number of nitrogens with two attached hydrogens (primary N) is 1. The van der Waals surface area contributed by atoms with Gasteiger partial charge in [-0.1, -0.05) is 13.8 Å². The summed E-state index contributed by atoms with van der Waals surface area (Å²) in [5.74, 6) is 7.31. The van der Waals surface area contributed by atoms with Gasteiger partial charge in [0.1, 0.15) is 0 Å². The average molecular weight is 160 g/mol. The van der Waals surface area contributed by atoms with E-state index in [2.05, 4.69) is 31.0 Å². The maximum atomic E-state index is 5.27. The van der Waals surface area contributed by atoms with Crippen LogP contribution in [0.3, 0.4) is 0 Å². The third kappa shape index (κ3) is 1.65. The average Bonchev–Trinajstić information content (AvgIpc) is 2.13. The molecule has 0 saturated carbocycles. The van der Waals surface area contributed by atoms with Crippen LogP contribution >= 0.6 is 11.8 Å². The minimum Gasteiger partial charge on any atom is -0.271 e. The minimum absolute atomic E-state index is 0.437. The molecule has 0 aromatic rings. The van der Waals surface area contributed by atoms with Gasteiger partial charge in [0.2, 0.25) is 0 Å². The molecule has 2 nitrogen and oxygen atoms in total. The molecule has 0 aromatic carbocycles. The van der Waals surface area contributed by atoms with Crippen LogP contribution in [0.2, 0.25) is 0 Å². The van der Waals surface area contributed by atoms with Gasteiger partial charge in [0, 0.05) is 11.3 Å². The molecule has 60 valence electrons. The first-order valence-electron chi connectivity index (χ1n) is 3.74. The minimum atomic E-state index is 0.437. The molecule has 0 aliphatic carbocycles. The van der Waals surface area contributed by atoms with Crippen molar-refractivity contribution in [1.82, 2.24) is 5.43 Å². The summed E-state index contributed by atoms with van der Waals surface area (Å²) in [7, 11) is 0. The summed E-state index contributed by atoms with van der Waals surface area (Å²) >= 11 is 2.05. The van der Waals surface area contributed by atoms with E-state index in [1.54, 1.807) is 0 Å². The van der Waals surface area contributed by atoms with Crippen LogP contribution in [0.5, 0.6) is 0 Å². The fourth-order valence-electron chi connectivity index (χ4n) is 1.42. The molecule has 0 amide bonds. The van der Waals surface area contributed by atoms with Crippen LogP contribution in [0, 0.1) is 5.92 Å². The highest BCUT2D eigenvalue weighted by Gasteiger charge is 2.34. The lowest BCUT2D eigenvalue weighted by molar-refractivity contribution is 0.410. The predicted molar refractivity (Wildman–Crippen MR) is 46.8 cm³/mol. The molecule has 1 rings (SSSR count). The van der Waals surface area contributed by atoms with Crippen LogP contribution in [0.1, 0.15) is 20.3 Å². The van der Waals surface area contributed by atoms with Crippen LogP contribution in [-0.4, -0.2) is 17.0 Å². The van der Waals surface area contributed by atoms with Gasteiger partial charge in [-0.15, -0.1) is 0 Å². The Morgan fingerprint density at radius 1 is 1.70 bits per heavy atom. The van der Waals surface area contributed by atoms with Gasteiger partial charge in [-0.2, -0.15) is 11.8 Å². The predicted octanol–water partition coefficient (Wildman–Crippen LogP) is 0.981. The second kappa shape index (κ2) is 3.11. The molecule has 1 heterocycles. The van der Waals surface area contributed by atoms with E-state index in [9.17, 15) is 0 Å². The van der Waals surface area contributed by atoms with E-state index < -0.39 is 0 Å². The third-order valence-electron chi connectivity index (χ3n) is 2.29. The van der Waals surface area contributed by atoms with Crippen molar-refractivity contribution in [2.24, 2.45) is 11.8 Å². The van der Waals surface area contributed by atoms with Crippen molar-refractivity contribution in [1.29, 1.82) is 0 Å². The Balaban J connectivity index is 2.43. The second-order valence-electron chi connectivity index (χ2n) is 3.35. The van der Waals surface area contributed by atoms with Gasteiger partial charge < -0.3 is 0 Å². The summed E-state index contributed by atoms with van der Waals surface area (Å²) in [6.45, 7) is 5.55. The van der Waals surface area contributed by atoms with Crippen LogP contribution in [-0.2, 0) is 0 Å². The fraction of sp³-hybridized carbons (Fsp3) is 1.00. The maximum Gasteiger partial charge on any atom is 0.0144 e. The highest BCUT2D eigenvalue weighted by Crippen LogP contribution is 2.41. The highest BCUT2D eigenvalue weighted by atomic mass is 32.2. The van der Waals surface area contributed by atoms with E-state index in [-0.39, 0.29) is 0 Å². The molecule has 10 heavy (non-hydrogen) atoms.